The van der Waals surface area contributed by atoms with E-state index >= 15 is 0 Å². The highest BCUT2D eigenvalue weighted by Crippen LogP contribution is 2.34. The number of benzene rings is 2. The highest BCUT2D eigenvalue weighted by Gasteiger charge is 2.21. The van der Waals surface area contributed by atoms with Gasteiger partial charge >= 0.3 is 0 Å². The van der Waals surface area contributed by atoms with Crippen molar-refractivity contribution in [3.8, 4) is 17.1 Å². The van der Waals surface area contributed by atoms with Crippen molar-refractivity contribution in [3.63, 3.8) is 0 Å². The van der Waals surface area contributed by atoms with Crippen LogP contribution in [0.1, 0.15) is 35.8 Å². The van der Waals surface area contributed by atoms with Crippen molar-refractivity contribution in [2.75, 3.05) is 0 Å². The molecule has 1 atom stereocenters. The van der Waals surface area contributed by atoms with Crippen LogP contribution in [0.5, 0.6) is 0 Å². The number of hydrogen-bond acceptors (Lipinski definition) is 6. The van der Waals surface area contributed by atoms with E-state index in [1.54, 1.807) is 34.2 Å². The topological polar surface area (TPSA) is 72.7 Å². The zero-order valence-electron chi connectivity index (χ0n) is 18.0. The highest BCUT2D eigenvalue weighted by atomic mass is 35.5. The lowest BCUT2D eigenvalue weighted by Gasteiger charge is -2.11. The Hall–Kier alpha value is -2.75. The molecule has 4 aromatic rings. The summed E-state index contributed by atoms with van der Waals surface area (Å²) < 4.78 is 16.4. The number of thioether (sulfide) groups is 1. The summed E-state index contributed by atoms with van der Waals surface area (Å²) in [5, 5.41) is 15.0. The monoisotopic (exact) mass is 501 g/mol. The first kappa shape index (κ1) is 23.4. The average molecular weight is 502 g/mol. The summed E-state index contributed by atoms with van der Waals surface area (Å²) in [6, 6.07) is 13.8. The Kier molecular flexibility index (Phi) is 7.42. The van der Waals surface area contributed by atoms with Gasteiger partial charge in [-0.3, -0.25) is 9.36 Å². The number of nitrogens with zero attached hydrogens (tertiary/aromatic N) is 4. The van der Waals surface area contributed by atoms with Gasteiger partial charge in [0, 0.05) is 17.0 Å². The largest absolute Gasteiger partial charge is 0.348 e. The van der Waals surface area contributed by atoms with E-state index in [4.69, 9.17) is 11.6 Å². The number of nitrogens with one attached hydrogen (secondary N) is 1. The summed E-state index contributed by atoms with van der Waals surface area (Å²) in [4.78, 5) is 16.8. The van der Waals surface area contributed by atoms with Crippen LogP contribution < -0.4 is 5.32 Å². The molecule has 0 aliphatic heterocycles. The van der Waals surface area contributed by atoms with Gasteiger partial charge in [0.05, 0.1) is 16.5 Å². The molecule has 2 heterocycles. The summed E-state index contributed by atoms with van der Waals surface area (Å²) in [6.45, 7) is 3.96. The van der Waals surface area contributed by atoms with Crippen LogP contribution in [0.4, 0.5) is 4.39 Å². The molecule has 0 saturated heterocycles. The van der Waals surface area contributed by atoms with Crippen LogP contribution in [-0.4, -0.2) is 31.7 Å². The van der Waals surface area contributed by atoms with Gasteiger partial charge in [0.15, 0.2) is 11.0 Å². The van der Waals surface area contributed by atoms with Gasteiger partial charge in [-0.05, 0) is 37.6 Å². The van der Waals surface area contributed by atoms with E-state index in [9.17, 15) is 9.18 Å². The standard InChI is InChI=1S/C23H21ClFN5OS2/c1-3-14(2)26-22(31)18-12-32-20(27-18)13-33-23-29-28-21(15-8-4-5-9-16(15)24)30(23)19-11-7-6-10-17(19)25/h4-12,14H,3,13H2,1-2H3,(H,26,31). The minimum atomic E-state index is -0.397. The average Bonchev–Trinajstić information content (AvgIpc) is 3.45. The third-order valence-corrected chi connectivity index (χ3v) is 7.24. The van der Waals surface area contributed by atoms with Crippen molar-refractivity contribution in [2.24, 2.45) is 0 Å². The number of rotatable bonds is 8. The van der Waals surface area contributed by atoms with Gasteiger partial charge < -0.3 is 5.32 Å². The third kappa shape index (κ3) is 5.26. The van der Waals surface area contributed by atoms with Gasteiger partial charge in [-0.1, -0.05) is 54.6 Å². The maximum Gasteiger partial charge on any atom is 0.270 e. The molecule has 0 saturated carbocycles. The molecule has 1 N–H and O–H groups in total. The summed E-state index contributed by atoms with van der Waals surface area (Å²) in [7, 11) is 0. The van der Waals surface area contributed by atoms with Gasteiger partial charge in [-0.25, -0.2) is 9.37 Å². The number of carbonyl (C=O) groups excluding carboxylic acids is 1. The summed E-state index contributed by atoms with van der Waals surface area (Å²) in [5.74, 6) is 0.315. The Labute approximate surface area is 204 Å². The number of thiazole rings is 1. The molecule has 6 nitrogen and oxygen atoms in total. The van der Waals surface area contributed by atoms with Gasteiger partial charge in [-0.15, -0.1) is 21.5 Å². The predicted molar refractivity (Wildman–Crippen MR) is 131 cm³/mol. The fraction of sp³-hybridized carbons (Fsp3) is 0.217. The Balaban J connectivity index is 1.62. The maximum absolute atomic E-state index is 14.7. The number of carbonyl (C=O) groups is 1. The highest BCUT2D eigenvalue weighted by molar-refractivity contribution is 7.98. The van der Waals surface area contributed by atoms with Crippen molar-refractivity contribution < 1.29 is 9.18 Å². The maximum atomic E-state index is 14.7. The molecule has 0 aliphatic rings. The normalized spacial score (nSPS) is 12.0. The third-order valence-electron chi connectivity index (χ3n) is 4.94. The van der Waals surface area contributed by atoms with Crippen LogP contribution in [0.15, 0.2) is 59.1 Å². The van der Waals surface area contributed by atoms with Crippen molar-refractivity contribution in [1.29, 1.82) is 0 Å². The Morgan fingerprint density at radius 3 is 2.73 bits per heavy atom. The SMILES string of the molecule is CCC(C)NC(=O)c1csc(CSc2nnc(-c3ccccc3Cl)n2-c2ccccc2F)n1. The molecule has 2 aromatic heterocycles. The zero-order valence-corrected chi connectivity index (χ0v) is 20.3. The first-order valence-corrected chi connectivity index (χ1v) is 12.6. The number of aromatic nitrogens is 4. The summed E-state index contributed by atoms with van der Waals surface area (Å²) in [6.07, 6.45) is 0.845. The molecule has 0 bridgehead atoms. The van der Waals surface area contributed by atoms with Crippen LogP contribution in [0.25, 0.3) is 17.1 Å². The van der Waals surface area contributed by atoms with E-state index in [1.807, 2.05) is 32.0 Å². The molecule has 0 spiro atoms. The fourth-order valence-electron chi connectivity index (χ4n) is 3.04. The summed E-state index contributed by atoms with van der Waals surface area (Å²) >= 11 is 9.15. The molecule has 0 aliphatic carbocycles. The molecule has 0 radical (unpaired) electrons. The lowest BCUT2D eigenvalue weighted by molar-refractivity contribution is 0.0935. The quantitative estimate of drug-likeness (QED) is 0.299. The van der Waals surface area contributed by atoms with Crippen molar-refractivity contribution >= 4 is 40.6 Å². The van der Waals surface area contributed by atoms with E-state index in [2.05, 4.69) is 20.5 Å². The van der Waals surface area contributed by atoms with Crippen LogP contribution in [0.2, 0.25) is 5.02 Å². The molecule has 10 heteroatoms. The smallest absolute Gasteiger partial charge is 0.270 e. The van der Waals surface area contributed by atoms with E-state index in [-0.39, 0.29) is 11.9 Å². The first-order valence-electron chi connectivity index (χ1n) is 10.3. The predicted octanol–water partition coefficient (Wildman–Crippen LogP) is 6.00. The van der Waals surface area contributed by atoms with Crippen LogP contribution in [0, 0.1) is 5.82 Å². The molecule has 0 fully saturated rings. The number of amides is 1. The second-order valence-electron chi connectivity index (χ2n) is 7.27. The van der Waals surface area contributed by atoms with Crippen molar-refractivity contribution in [2.45, 2.75) is 37.2 Å². The van der Waals surface area contributed by atoms with E-state index < -0.39 is 5.82 Å². The van der Waals surface area contributed by atoms with Gasteiger partial charge in [-0.2, -0.15) is 0 Å². The minimum Gasteiger partial charge on any atom is -0.348 e. The van der Waals surface area contributed by atoms with E-state index in [0.717, 1.165) is 11.4 Å². The van der Waals surface area contributed by atoms with Gasteiger partial charge in [0.2, 0.25) is 0 Å². The second kappa shape index (κ2) is 10.5. The van der Waals surface area contributed by atoms with Crippen LogP contribution >= 0.6 is 34.7 Å². The molecule has 1 amide bonds. The van der Waals surface area contributed by atoms with Crippen molar-refractivity contribution in [3.05, 3.63) is 75.5 Å². The second-order valence-corrected chi connectivity index (χ2v) is 9.56. The van der Waals surface area contributed by atoms with Crippen LogP contribution in [0.3, 0.4) is 0 Å². The zero-order chi connectivity index (χ0) is 23.4. The minimum absolute atomic E-state index is 0.0829. The number of para-hydroxylation sites is 1. The van der Waals surface area contributed by atoms with Gasteiger partial charge in [0.1, 0.15) is 16.5 Å². The molecule has 170 valence electrons. The molecule has 4 rings (SSSR count). The van der Waals surface area contributed by atoms with Gasteiger partial charge in [0.25, 0.3) is 5.91 Å². The molecular weight excluding hydrogens is 481 g/mol. The van der Waals surface area contributed by atoms with E-state index in [1.165, 1.54) is 29.2 Å². The van der Waals surface area contributed by atoms with E-state index in [0.29, 0.717) is 38.7 Å². The van der Waals surface area contributed by atoms with Crippen LogP contribution in [-0.2, 0) is 5.75 Å². The summed E-state index contributed by atoms with van der Waals surface area (Å²) in [5.41, 5.74) is 1.37. The lowest BCUT2D eigenvalue weighted by atomic mass is 10.2. The molecule has 1 unspecified atom stereocenters. The van der Waals surface area contributed by atoms with Crippen molar-refractivity contribution in [1.82, 2.24) is 25.1 Å². The number of hydrogen-bond donors (Lipinski definition) is 1. The Morgan fingerprint density at radius 2 is 1.97 bits per heavy atom. The lowest BCUT2D eigenvalue weighted by Crippen LogP contribution is -2.32. The fourth-order valence-corrected chi connectivity index (χ4v) is 5.00. The first-order chi connectivity index (χ1) is 16.0. The molecule has 2 aromatic carbocycles. The molecular formula is C23H21ClFN5OS2. The molecule has 33 heavy (non-hydrogen) atoms. The Bertz CT molecular complexity index is 1280. The Morgan fingerprint density at radius 1 is 1.21 bits per heavy atom. The number of halogens is 2.